The zero-order chi connectivity index (χ0) is 14.2. The van der Waals surface area contributed by atoms with Crippen molar-refractivity contribution in [3.63, 3.8) is 0 Å². The maximum absolute atomic E-state index is 12.1. The summed E-state index contributed by atoms with van der Waals surface area (Å²) in [4.78, 5) is 20.5. The van der Waals surface area contributed by atoms with E-state index in [-0.39, 0.29) is 18.4 Å². The van der Waals surface area contributed by atoms with Gasteiger partial charge in [-0.1, -0.05) is 24.6 Å². The lowest BCUT2D eigenvalue weighted by Crippen LogP contribution is -2.37. The molecule has 0 radical (unpaired) electrons. The molecule has 106 valence electrons. The Morgan fingerprint density at radius 2 is 2.15 bits per heavy atom. The summed E-state index contributed by atoms with van der Waals surface area (Å²) in [5.74, 6) is 1.24. The van der Waals surface area contributed by atoms with Gasteiger partial charge in [-0.15, -0.1) is 0 Å². The van der Waals surface area contributed by atoms with Crippen molar-refractivity contribution in [3.8, 4) is 6.07 Å². The first-order valence-electron chi connectivity index (χ1n) is 6.85. The third-order valence-electron chi connectivity index (χ3n) is 3.56. The highest BCUT2D eigenvalue weighted by Crippen LogP contribution is 2.33. The topological polar surface area (TPSA) is 78.7 Å². The standard InChI is InChI=1S/C14H18N4OS/c15-6-9-16-13(19)12-5-2-1-4-11(12)10-20-14-17-7-3-8-18-14/h3,7-8,11-12H,1-2,4-5,9-10H2,(H,16,19)/t11-,12+/m0/s1. The molecule has 1 aliphatic rings. The highest BCUT2D eigenvalue weighted by Gasteiger charge is 2.30. The van der Waals surface area contributed by atoms with E-state index in [0.29, 0.717) is 5.92 Å². The van der Waals surface area contributed by atoms with E-state index < -0.39 is 0 Å². The van der Waals surface area contributed by atoms with Gasteiger partial charge in [-0.05, 0) is 24.8 Å². The minimum absolute atomic E-state index is 0.0193. The first-order valence-corrected chi connectivity index (χ1v) is 7.84. The highest BCUT2D eigenvalue weighted by molar-refractivity contribution is 7.99. The van der Waals surface area contributed by atoms with Gasteiger partial charge in [0, 0.05) is 24.1 Å². The Morgan fingerprint density at radius 1 is 1.40 bits per heavy atom. The number of carbonyl (C=O) groups excluding carboxylic acids is 1. The molecule has 0 unspecified atom stereocenters. The molecule has 1 fully saturated rings. The van der Waals surface area contributed by atoms with E-state index in [4.69, 9.17) is 5.26 Å². The Balaban J connectivity index is 1.90. The van der Waals surface area contributed by atoms with Crippen LogP contribution in [0.5, 0.6) is 0 Å². The van der Waals surface area contributed by atoms with Gasteiger partial charge in [-0.3, -0.25) is 4.79 Å². The summed E-state index contributed by atoms with van der Waals surface area (Å²) in [7, 11) is 0. The molecule has 1 aliphatic carbocycles. The smallest absolute Gasteiger partial charge is 0.224 e. The molecule has 1 saturated carbocycles. The molecule has 2 atom stereocenters. The quantitative estimate of drug-likeness (QED) is 0.510. The molecule has 1 aromatic heterocycles. The van der Waals surface area contributed by atoms with Gasteiger partial charge in [0.2, 0.25) is 5.91 Å². The van der Waals surface area contributed by atoms with Gasteiger partial charge in [-0.25, -0.2) is 9.97 Å². The lowest BCUT2D eigenvalue weighted by Gasteiger charge is -2.29. The number of nitriles is 1. The minimum atomic E-state index is 0.0193. The summed E-state index contributed by atoms with van der Waals surface area (Å²) in [5.41, 5.74) is 0. The molecule has 0 bridgehead atoms. The second-order valence-corrected chi connectivity index (χ2v) is 5.86. The Hall–Kier alpha value is -1.61. The second kappa shape index (κ2) is 7.85. The van der Waals surface area contributed by atoms with Crippen LogP contribution in [0.15, 0.2) is 23.6 Å². The summed E-state index contributed by atoms with van der Waals surface area (Å²) in [6.07, 6.45) is 7.69. The molecule has 1 N–H and O–H groups in total. The molecular weight excluding hydrogens is 272 g/mol. The van der Waals surface area contributed by atoms with Crippen molar-refractivity contribution < 1.29 is 4.79 Å². The van der Waals surface area contributed by atoms with Gasteiger partial charge >= 0.3 is 0 Å². The molecule has 5 nitrogen and oxygen atoms in total. The van der Waals surface area contributed by atoms with Crippen molar-refractivity contribution in [2.45, 2.75) is 30.8 Å². The van der Waals surface area contributed by atoms with Crippen LogP contribution in [0.25, 0.3) is 0 Å². The molecule has 1 amide bonds. The highest BCUT2D eigenvalue weighted by atomic mass is 32.2. The summed E-state index contributed by atoms with van der Waals surface area (Å²) >= 11 is 1.60. The van der Waals surface area contributed by atoms with Crippen molar-refractivity contribution >= 4 is 17.7 Å². The fraction of sp³-hybridized carbons (Fsp3) is 0.571. The van der Waals surface area contributed by atoms with Gasteiger partial charge in [0.1, 0.15) is 6.54 Å². The number of rotatable bonds is 5. The van der Waals surface area contributed by atoms with Crippen molar-refractivity contribution in [2.24, 2.45) is 11.8 Å². The molecule has 2 rings (SSSR count). The maximum atomic E-state index is 12.1. The predicted molar refractivity (Wildman–Crippen MR) is 76.8 cm³/mol. The lowest BCUT2D eigenvalue weighted by molar-refractivity contribution is -0.127. The van der Waals surface area contributed by atoms with Gasteiger partial charge in [0.15, 0.2) is 5.16 Å². The normalized spacial score (nSPS) is 21.9. The molecule has 0 aromatic carbocycles. The van der Waals surface area contributed by atoms with Crippen LogP contribution in [-0.4, -0.2) is 28.2 Å². The Labute approximate surface area is 123 Å². The summed E-state index contributed by atoms with van der Waals surface area (Å²) in [6.45, 7) is 0.0942. The second-order valence-electron chi connectivity index (χ2n) is 4.87. The predicted octanol–water partition coefficient (Wildman–Crippen LogP) is 2.01. The van der Waals surface area contributed by atoms with E-state index in [1.54, 1.807) is 30.2 Å². The molecule has 1 aromatic rings. The molecule has 0 saturated heterocycles. The molecule has 20 heavy (non-hydrogen) atoms. The van der Waals surface area contributed by atoms with E-state index in [2.05, 4.69) is 15.3 Å². The van der Waals surface area contributed by atoms with Crippen LogP contribution in [0.1, 0.15) is 25.7 Å². The number of carbonyl (C=O) groups is 1. The first kappa shape index (κ1) is 14.8. The van der Waals surface area contributed by atoms with E-state index in [0.717, 1.165) is 30.2 Å². The van der Waals surface area contributed by atoms with E-state index >= 15 is 0 Å². The average molecular weight is 290 g/mol. The maximum Gasteiger partial charge on any atom is 0.224 e. The summed E-state index contributed by atoms with van der Waals surface area (Å²) in [6, 6.07) is 3.75. The van der Waals surface area contributed by atoms with Crippen LogP contribution in [0.3, 0.4) is 0 Å². The molecule has 0 aliphatic heterocycles. The summed E-state index contributed by atoms with van der Waals surface area (Å²) < 4.78 is 0. The number of nitrogens with zero attached hydrogens (tertiary/aromatic N) is 3. The molecular formula is C14H18N4OS. The number of hydrogen-bond donors (Lipinski definition) is 1. The number of thioether (sulfide) groups is 1. The van der Waals surface area contributed by atoms with Crippen LogP contribution >= 0.6 is 11.8 Å². The van der Waals surface area contributed by atoms with E-state index in [1.807, 2.05) is 6.07 Å². The molecule has 6 heteroatoms. The van der Waals surface area contributed by atoms with Crippen LogP contribution in [0.2, 0.25) is 0 Å². The lowest BCUT2D eigenvalue weighted by atomic mass is 9.80. The SMILES string of the molecule is N#CCNC(=O)[C@@H]1CCCC[C@H]1CSc1ncccn1. The third-order valence-corrected chi connectivity index (χ3v) is 4.62. The molecule has 0 spiro atoms. The number of aromatic nitrogens is 2. The van der Waals surface area contributed by atoms with Crippen LogP contribution in [-0.2, 0) is 4.79 Å². The van der Waals surface area contributed by atoms with E-state index in [9.17, 15) is 4.79 Å². The zero-order valence-electron chi connectivity index (χ0n) is 11.3. The van der Waals surface area contributed by atoms with Crippen molar-refractivity contribution in [1.29, 1.82) is 5.26 Å². The largest absolute Gasteiger partial charge is 0.343 e. The van der Waals surface area contributed by atoms with Crippen molar-refractivity contribution in [2.75, 3.05) is 12.3 Å². The van der Waals surface area contributed by atoms with Gasteiger partial charge in [0.05, 0.1) is 6.07 Å². The number of amides is 1. The minimum Gasteiger partial charge on any atom is -0.343 e. The van der Waals surface area contributed by atoms with E-state index in [1.165, 1.54) is 6.42 Å². The Kier molecular flexibility index (Phi) is 5.81. The van der Waals surface area contributed by atoms with Crippen LogP contribution in [0.4, 0.5) is 0 Å². The summed E-state index contributed by atoms with van der Waals surface area (Å²) in [5, 5.41) is 12.0. The number of hydrogen-bond acceptors (Lipinski definition) is 5. The first-order chi connectivity index (χ1) is 9.81. The Bertz CT molecular complexity index is 474. The fourth-order valence-electron chi connectivity index (χ4n) is 2.55. The monoisotopic (exact) mass is 290 g/mol. The Morgan fingerprint density at radius 3 is 2.90 bits per heavy atom. The average Bonchev–Trinajstić information content (AvgIpc) is 2.52. The van der Waals surface area contributed by atoms with Crippen LogP contribution < -0.4 is 5.32 Å². The fourth-order valence-corrected chi connectivity index (χ4v) is 3.58. The van der Waals surface area contributed by atoms with Gasteiger partial charge in [0.25, 0.3) is 0 Å². The molecule has 1 heterocycles. The van der Waals surface area contributed by atoms with Crippen LogP contribution in [0, 0.1) is 23.2 Å². The third kappa shape index (κ3) is 4.20. The number of nitrogens with one attached hydrogen (secondary N) is 1. The van der Waals surface area contributed by atoms with Crippen molar-refractivity contribution in [1.82, 2.24) is 15.3 Å². The van der Waals surface area contributed by atoms with Gasteiger partial charge in [-0.2, -0.15) is 5.26 Å². The zero-order valence-corrected chi connectivity index (χ0v) is 12.1. The van der Waals surface area contributed by atoms with Gasteiger partial charge < -0.3 is 5.32 Å². The van der Waals surface area contributed by atoms with Crippen molar-refractivity contribution in [3.05, 3.63) is 18.5 Å².